The van der Waals surface area contributed by atoms with Gasteiger partial charge in [-0.3, -0.25) is 5.10 Å². The van der Waals surface area contributed by atoms with Crippen LogP contribution in [0.1, 0.15) is 17.1 Å². The summed E-state index contributed by atoms with van der Waals surface area (Å²) in [4.78, 5) is 0. The molecule has 0 radical (unpaired) electrons. The van der Waals surface area contributed by atoms with Gasteiger partial charge in [0.2, 0.25) is 4.77 Å². The molecule has 2 heterocycles. The van der Waals surface area contributed by atoms with Gasteiger partial charge in [0.15, 0.2) is 5.82 Å². The van der Waals surface area contributed by atoms with E-state index in [1.54, 1.807) is 36.7 Å². The SMILES string of the molecule is Fc1ccc(Cc2n[nH]c(=S)n2/N=C\c2ccco2)cc1. The third-order valence-electron chi connectivity index (χ3n) is 2.84. The maximum absolute atomic E-state index is 12.9. The molecule has 0 aliphatic carbocycles. The summed E-state index contributed by atoms with van der Waals surface area (Å²) < 4.78 is 20.0. The summed E-state index contributed by atoms with van der Waals surface area (Å²) in [7, 11) is 0. The lowest BCUT2D eigenvalue weighted by Gasteiger charge is -2.01. The van der Waals surface area contributed by atoms with Crippen molar-refractivity contribution in [2.45, 2.75) is 6.42 Å². The van der Waals surface area contributed by atoms with Gasteiger partial charge in [-0.2, -0.15) is 14.9 Å². The molecule has 0 bridgehead atoms. The fraction of sp³-hybridized carbons (Fsp3) is 0.0714. The first-order chi connectivity index (χ1) is 10.2. The lowest BCUT2D eigenvalue weighted by Crippen LogP contribution is -2.00. The molecule has 5 nitrogen and oxygen atoms in total. The van der Waals surface area contributed by atoms with E-state index >= 15 is 0 Å². The molecule has 0 amide bonds. The first kappa shape index (κ1) is 13.4. The molecular weight excluding hydrogens is 291 g/mol. The van der Waals surface area contributed by atoms with Gasteiger partial charge < -0.3 is 4.42 Å². The van der Waals surface area contributed by atoms with Crippen LogP contribution in [0.2, 0.25) is 0 Å². The number of rotatable bonds is 4. The van der Waals surface area contributed by atoms with Crippen LogP contribution in [0.25, 0.3) is 0 Å². The van der Waals surface area contributed by atoms with Crippen molar-refractivity contribution in [3.05, 3.63) is 70.4 Å². The number of halogens is 1. The number of aromatic amines is 1. The molecule has 0 saturated carbocycles. The minimum absolute atomic E-state index is 0.270. The summed E-state index contributed by atoms with van der Waals surface area (Å²) in [6, 6.07) is 9.78. The summed E-state index contributed by atoms with van der Waals surface area (Å²) in [6.07, 6.45) is 3.61. The fourth-order valence-corrected chi connectivity index (χ4v) is 2.02. The number of H-pyrrole nitrogens is 1. The average Bonchev–Trinajstić information content (AvgIpc) is 3.10. The Labute approximate surface area is 124 Å². The predicted octanol–water partition coefficient (Wildman–Crippen LogP) is 3.15. The molecule has 7 heteroatoms. The molecule has 0 atom stereocenters. The molecule has 1 aromatic carbocycles. The highest BCUT2D eigenvalue weighted by Gasteiger charge is 2.06. The van der Waals surface area contributed by atoms with E-state index in [-0.39, 0.29) is 5.82 Å². The topological polar surface area (TPSA) is 59.1 Å². The monoisotopic (exact) mass is 302 g/mol. The molecule has 0 aliphatic heterocycles. The van der Waals surface area contributed by atoms with Crippen LogP contribution in [0.4, 0.5) is 4.39 Å². The van der Waals surface area contributed by atoms with Crippen molar-refractivity contribution in [2.24, 2.45) is 5.10 Å². The van der Waals surface area contributed by atoms with E-state index in [1.165, 1.54) is 16.8 Å². The number of benzene rings is 1. The van der Waals surface area contributed by atoms with Crippen molar-refractivity contribution in [3.8, 4) is 0 Å². The lowest BCUT2D eigenvalue weighted by atomic mass is 10.1. The van der Waals surface area contributed by atoms with E-state index in [9.17, 15) is 4.39 Å². The zero-order valence-electron chi connectivity index (χ0n) is 10.9. The molecule has 0 aliphatic rings. The van der Waals surface area contributed by atoms with E-state index in [0.717, 1.165) is 5.56 Å². The fourth-order valence-electron chi connectivity index (χ4n) is 1.82. The number of nitrogens with zero attached hydrogens (tertiary/aromatic N) is 3. The Kier molecular flexibility index (Phi) is 3.74. The summed E-state index contributed by atoms with van der Waals surface area (Å²) in [6.45, 7) is 0. The Bertz CT molecular complexity index is 802. The molecule has 21 heavy (non-hydrogen) atoms. The van der Waals surface area contributed by atoms with Crippen molar-refractivity contribution in [2.75, 3.05) is 0 Å². The highest BCUT2D eigenvalue weighted by atomic mass is 32.1. The first-order valence-corrected chi connectivity index (χ1v) is 6.62. The van der Waals surface area contributed by atoms with Crippen LogP contribution in [0, 0.1) is 10.6 Å². The van der Waals surface area contributed by atoms with Crippen LogP contribution in [0.3, 0.4) is 0 Å². The molecule has 3 rings (SSSR count). The number of furan rings is 1. The van der Waals surface area contributed by atoms with Gasteiger partial charge in [0, 0.05) is 6.42 Å². The lowest BCUT2D eigenvalue weighted by molar-refractivity contribution is 0.559. The van der Waals surface area contributed by atoms with Gasteiger partial charge in [0.05, 0.1) is 12.5 Å². The Balaban J connectivity index is 1.86. The molecule has 0 spiro atoms. The molecule has 3 aromatic rings. The van der Waals surface area contributed by atoms with Gasteiger partial charge in [-0.1, -0.05) is 12.1 Å². The Morgan fingerprint density at radius 2 is 2.14 bits per heavy atom. The van der Waals surface area contributed by atoms with Crippen LogP contribution >= 0.6 is 12.2 Å². The van der Waals surface area contributed by atoms with Crippen molar-refractivity contribution < 1.29 is 8.81 Å². The normalized spacial score (nSPS) is 11.3. The second kappa shape index (κ2) is 5.84. The van der Waals surface area contributed by atoms with Gasteiger partial charge >= 0.3 is 0 Å². The summed E-state index contributed by atoms with van der Waals surface area (Å²) in [5.41, 5.74) is 0.917. The van der Waals surface area contributed by atoms with Crippen molar-refractivity contribution in [3.63, 3.8) is 0 Å². The molecule has 0 fully saturated rings. The third-order valence-corrected chi connectivity index (χ3v) is 3.10. The van der Waals surface area contributed by atoms with Crippen LogP contribution in [-0.4, -0.2) is 21.1 Å². The van der Waals surface area contributed by atoms with Gasteiger partial charge in [-0.25, -0.2) is 4.39 Å². The highest BCUT2D eigenvalue weighted by molar-refractivity contribution is 7.71. The Morgan fingerprint density at radius 3 is 2.86 bits per heavy atom. The van der Waals surface area contributed by atoms with Crippen LogP contribution in [-0.2, 0) is 6.42 Å². The second-order valence-electron chi connectivity index (χ2n) is 4.32. The highest BCUT2D eigenvalue weighted by Crippen LogP contribution is 2.09. The maximum atomic E-state index is 12.9. The Morgan fingerprint density at radius 1 is 1.33 bits per heavy atom. The number of hydrogen-bond donors (Lipinski definition) is 1. The zero-order valence-corrected chi connectivity index (χ0v) is 11.7. The van der Waals surface area contributed by atoms with E-state index in [0.29, 0.717) is 22.8 Å². The van der Waals surface area contributed by atoms with Crippen LogP contribution in [0.5, 0.6) is 0 Å². The van der Waals surface area contributed by atoms with Gasteiger partial charge in [0.1, 0.15) is 11.6 Å². The summed E-state index contributed by atoms with van der Waals surface area (Å²) in [5, 5.41) is 11.1. The summed E-state index contributed by atoms with van der Waals surface area (Å²) in [5.74, 6) is 0.980. The van der Waals surface area contributed by atoms with Crippen LogP contribution < -0.4 is 0 Å². The predicted molar refractivity (Wildman–Crippen MR) is 78.3 cm³/mol. The second-order valence-corrected chi connectivity index (χ2v) is 4.71. The minimum atomic E-state index is -0.270. The van der Waals surface area contributed by atoms with Gasteiger partial charge in [0.25, 0.3) is 0 Å². The Hall–Kier alpha value is -2.54. The van der Waals surface area contributed by atoms with Crippen molar-refractivity contribution in [1.82, 2.24) is 14.9 Å². The zero-order chi connectivity index (χ0) is 14.7. The number of hydrogen-bond acceptors (Lipinski definition) is 4. The van der Waals surface area contributed by atoms with E-state index in [2.05, 4.69) is 15.3 Å². The minimum Gasteiger partial charge on any atom is -0.463 e. The van der Waals surface area contributed by atoms with E-state index in [4.69, 9.17) is 16.6 Å². The summed E-state index contributed by atoms with van der Waals surface area (Å²) >= 11 is 5.15. The average molecular weight is 302 g/mol. The van der Waals surface area contributed by atoms with Gasteiger partial charge in [-0.15, -0.1) is 0 Å². The molecule has 106 valence electrons. The van der Waals surface area contributed by atoms with Crippen LogP contribution in [0.15, 0.2) is 52.2 Å². The molecule has 0 unspecified atom stereocenters. The smallest absolute Gasteiger partial charge is 0.216 e. The quantitative estimate of drug-likeness (QED) is 0.595. The first-order valence-electron chi connectivity index (χ1n) is 6.21. The maximum Gasteiger partial charge on any atom is 0.216 e. The van der Waals surface area contributed by atoms with Crippen molar-refractivity contribution in [1.29, 1.82) is 0 Å². The van der Waals surface area contributed by atoms with Crippen molar-refractivity contribution >= 4 is 18.4 Å². The third kappa shape index (κ3) is 3.14. The molecule has 1 N–H and O–H groups in total. The molecular formula is C14H11FN4OS. The number of nitrogens with one attached hydrogen (secondary N) is 1. The molecule has 0 saturated heterocycles. The molecule has 2 aromatic heterocycles. The van der Waals surface area contributed by atoms with E-state index < -0.39 is 0 Å². The standard InChI is InChI=1S/C14H11FN4OS/c15-11-5-3-10(4-6-11)8-13-17-18-14(21)19(13)16-9-12-2-1-7-20-12/h1-7,9H,8H2,(H,18,21)/b16-9-. The van der Waals surface area contributed by atoms with Gasteiger partial charge in [-0.05, 0) is 42.0 Å². The largest absolute Gasteiger partial charge is 0.463 e. The van der Waals surface area contributed by atoms with E-state index in [1.807, 2.05) is 0 Å². The number of aromatic nitrogens is 3.